The Bertz CT molecular complexity index is 479. The number of piperidine rings is 1. The molecule has 0 amide bonds. The Morgan fingerprint density at radius 2 is 2.42 bits per heavy atom. The average molecular weight is 265 g/mol. The Balaban J connectivity index is 2.32. The molecule has 104 valence electrons. The highest BCUT2D eigenvalue weighted by atomic mass is 16.5. The minimum Gasteiger partial charge on any atom is -0.409 e. The number of anilines is 1. The number of aromatic nitrogens is 2. The summed E-state index contributed by atoms with van der Waals surface area (Å²) in [6.45, 7) is 3.62. The number of rotatable bonds is 3. The van der Waals surface area contributed by atoms with Crippen LogP contribution in [0.2, 0.25) is 0 Å². The molecule has 1 fully saturated rings. The largest absolute Gasteiger partial charge is 0.409 e. The molecule has 7 heteroatoms. The number of amidine groups is 1. The minimum atomic E-state index is -0.210. The predicted octanol–water partition coefficient (Wildman–Crippen LogP) is 0.576. The van der Waals surface area contributed by atoms with Crippen molar-refractivity contribution in [1.29, 1.82) is 0 Å². The van der Waals surface area contributed by atoms with Crippen LogP contribution in [-0.2, 0) is 4.74 Å². The van der Waals surface area contributed by atoms with Gasteiger partial charge in [0.05, 0.1) is 17.4 Å². The molecule has 1 unspecified atom stereocenters. The SMILES string of the molecule is COC1(C)CCCN(c2nnccc2/C(N)=N/O)C1. The molecule has 0 spiro atoms. The van der Waals surface area contributed by atoms with Crippen LogP contribution in [0.4, 0.5) is 5.82 Å². The van der Waals surface area contributed by atoms with E-state index in [2.05, 4.69) is 27.2 Å². The fraction of sp³-hybridized carbons (Fsp3) is 0.583. The van der Waals surface area contributed by atoms with Crippen LogP contribution in [0.25, 0.3) is 0 Å². The molecule has 0 radical (unpaired) electrons. The zero-order valence-electron chi connectivity index (χ0n) is 11.2. The zero-order valence-corrected chi connectivity index (χ0v) is 11.2. The van der Waals surface area contributed by atoms with E-state index in [0.29, 0.717) is 17.9 Å². The molecule has 3 N–H and O–H groups in total. The van der Waals surface area contributed by atoms with Gasteiger partial charge in [0.2, 0.25) is 0 Å². The molecule has 0 saturated carbocycles. The van der Waals surface area contributed by atoms with E-state index < -0.39 is 0 Å². The second-order valence-corrected chi connectivity index (χ2v) is 4.93. The van der Waals surface area contributed by atoms with Crippen LogP contribution < -0.4 is 10.6 Å². The Hall–Kier alpha value is -1.89. The van der Waals surface area contributed by atoms with Crippen LogP contribution in [0.1, 0.15) is 25.3 Å². The lowest BCUT2D eigenvalue weighted by atomic mass is 9.94. The zero-order chi connectivity index (χ0) is 13.9. The lowest BCUT2D eigenvalue weighted by molar-refractivity contribution is -0.00485. The van der Waals surface area contributed by atoms with Gasteiger partial charge in [0.25, 0.3) is 0 Å². The molecule has 1 atom stereocenters. The van der Waals surface area contributed by atoms with Crippen molar-refractivity contribution in [2.75, 3.05) is 25.1 Å². The standard InChI is InChI=1S/C12H19N5O2/c1-12(19-2)5-3-7-17(8-12)11-9(10(13)16-18)4-6-14-15-11/h4,6,18H,3,5,7-8H2,1-2H3,(H2,13,16). The summed E-state index contributed by atoms with van der Waals surface area (Å²) in [6.07, 6.45) is 3.52. The van der Waals surface area contributed by atoms with Crippen LogP contribution in [0, 0.1) is 0 Å². The third kappa shape index (κ3) is 2.76. The Morgan fingerprint density at radius 3 is 3.11 bits per heavy atom. The van der Waals surface area contributed by atoms with E-state index in [1.54, 1.807) is 13.2 Å². The highest BCUT2D eigenvalue weighted by Gasteiger charge is 2.32. The molecular formula is C12H19N5O2. The van der Waals surface area contributed by atoms with E-state index in [4.69, 9.17) is 15.7 Å². The van der Waals surface area contributed by atoms with Crippen molar-refractivity contribution in [2.24, 2.45) is 10.9 Å². The van der Waals surface area contributed by atoms with Gasteiger partial charge in [-0.05, 0) is 25.8 Å². The van der Waals surface area contributed by atoms with Gasteiger partial charge in [-0.2, -0.15) is 5.10 Å². The summed E-state index contributed by atoms with van der Waals surface area (Å²) in [7, 11) is 1.71. The van der Waals surface area contributed by atoms with Crippen LogP contribution in [0.3, 0.4) is 0 Å². The number of ether oxygens (including phenoxy) is 1. The first-order valence-corrected chi connectivity index (χ1v) is 6.19. The van der Waals surface area contributed by atoms with Crippen LogP contribution in [-0.4, -0.2) is 47.0 Å². The summed E-state index contributed by atoms with van der Waals surface area (Å²) in [4.78, 5) is 2.06. The molecule has 0 bridgehead atoms. The third-order valence-electron chi connectivity index (χ3n) is 3.54. The first-order chi connectivity index (χ1) is 9.09. The van der Waals surface area contributed by atoms with Gasteiger partial charge in [-0.25, -0.2) is 0 Å². The van der Waals surface area contributed by atoms with Crippen molar-refractivity contribution in [3.8, 4) is 0 Å². The van der Waals surface area contributed by atoms with Crippen molar-refractivity contribution in [2.45, 2.75) is 25.4 Å². The molecule has 0 aromatic carbocycles. The van der Waals surface area contributed by atoms with E-state index in [-0.39, 0.29) is 11.4 Å². The molecule has 1 aromatic heterocycles. The molecule has 19 heavy (non-hydrogen) atoms. The van der Waals surface area contributed by atoms with Gasteiger partial charge < -0.3 is 20.6 Å². The fourth-order valence-corrected chi connectivity index (χ4v) is 2.36. The van der Waals surface area contributed by atoms with Crippen molar-refractivity contribution < 1.29 is 9.94 Å². The Kier molecular flexibility index (Phi) is 3.84. The lowest BCUT2D eigenvalue weighted by Gasteiger charge is -2.40. The van der Waals surface area contributed by atoms with Crippen molar-refractivity contribution in [3.05, 3.63) is 17.8 Å². The lowest BCUT2D eigenvalue weighted by Crippen LogP contribution is -2.48. The summed E-state index contributed by atoms with van der Waals surface area (Å²) in [5.74, 6) is 0.662. The van der Waals surface area contributed by atoms with E-state index in [1.165, 1.54) is 6.20 Å². The van der Waals surface area contributed by atoms with Gasteiger partial charge in [0, 0.05) is 20.2 Å². The number of oxime groups is 1. The number of nitrogens with two attached hydrogens (primary N) is 1. The highest BCUT2D eigenvalue weighted by molar-refractivity contribution is 6.01. The predicted molar refractivity (Wildman–Crippen MR) is 71.4 cm³/mol. The van der Waals surface area contributed by atoms with E-state index in [9.17, 15) is 0 Å². The molecule has 0 aliphatic carbocycles. The topological polar surface area (TPSA) is 96.9 Å². The quantitative estimate of drug-likeness (QED) is 0.359. The van der Waals surface area contributed by atoms with Gasteiger partial charge in [0.15, 0.2) is 11.7 Å². The maximum atomic E-state index is 8.83. The summed E-state index contributed by atoms with van der Waals surface area (Å²) in [5.41, 5.74) is 6.05. The number of methoxy groups -OCH3 is 1. The first-order valence-electron chi connectivity index (χ1n) is 6.19. The minimum absolute atomic E-state index is 0.0367. The second-order valence-electron chi connectivity index (χ2n) is 4.93. The first kappa shape index (κ1) is 13.5. The maximum absolute atomic E-state index is 8.83. The fourth-order valence-electron chi connectivity index (χ4n) is 2.36. The molecule has 1 aliphatic rings. The van der Waals surface area contributed by atoms with Crippen molar-refractivity contribution in [3.63, 3.8) is 0 Å². The van der Waals surface area contributed by atoms with Crippen LogP contribution in [0.15, 0.2) is 17.4 Å². The van der Waals surface area contributed by atoms with E-state index in [1.807, 2.05) is 0 Å². The van der Waals surface area contributed by atoms with Gasteiger partial charge in [0.1, 0.15) is 0 Å². The monoisotopic (exact) mass is 265 g/mol. The van der Waals surface area contributed by atoms with E-state index in [0.717, 1.165) is 19.4 Å². The van der Waals surface area contributed by atoms with E-state index >= 15 is 0 Å². The van der Waals surface area contributed by atoms with Gasteiger partial charge in [-0.3, -0.25) is 0 Å². The molecule has 2 heterocycles. The molecule has 1 aliphatic heterocycles. The highest BCUT2D eigenvalue weighted by Crippen LogP contribution is 2.28. The van der Waals surface area contributed by atoms with Crippen molar-refractivity contribution >= 4 is 11.7 Å². The summed E-state index contributed by atoms with van der Waals surface area (Å²) < 4.78 is 5.56. The smallest absolute Gasteiger partial charge is 0.173 e. The average Bonchev–Trinajstić information content (AvgIpc) is 2.46. The summed E-state index contributed by atoms with van der Waals surface area (Å²) >= 11 is 0. The number of hydrogen-bond donors (Lipinski definition) is 2. The number of hydrogen-bond acceptors (Lipinski definition) is 6. The Labute approximate surface area is 112 Å². The van der Waals surface area contributed by atoms with Crippen molar-refractivity contribution in [1.82, 2.24) is 10.2 Å². The molecular weight excluding hydrogens is 246 g/mol. The Morgan fingerprint density at radius 1 is 1.63 bits per heavy atom. The van der Waals surface area contributed by atoms with Crippen LogP contribution >= 0.6 is 0 Å². The normalized spacial score (nSPS) is 24.5. The molecule has 1 aromatic rings. The second kappa shape index (κ2) is 5.40. The van der Waals surface area contributed by atoms with Gasteiger partial charge in [-0.15, -0.1) is 5.10 Å². The molecule has 1 saturated heterocycles. The molecule has 7 nitrogen and oxygen atoms in total. The number of nitrogens with zero attached hydrogens (tertiary/aromatic N) is 4. The molecule has 2 rings (SSSR count). The van der Waals surface area contributed by atoms with Gasteiger partial charge >= 0.3 is 0 Å². The maximum Gasteiger partial charge on any atom is 0.173 e. The third-order valence-corrected chi connectivity index (χ3v) is 3.54. The van der Waals surface area contributed by atoms with Gasteiger partial charge in [-0.1, -0.05) is 5.16 Å². The summed E-state index contributed by atoms with van der Waals surface area (Å²) in [6, 6.07) is 1.69. The van der Waals surface area contributed by atoms with Crippen LogP contribution in [0.5, 0.6) is 0 Å². The summed E-state index contributed by atoms with van der Waals surface area (Å²) in [5, 5.41) is 19.9.